The van der Waals surface area contributed by atoms with E-state index < -0.39 is 0 Å². The molecule has 1 fully saturated rings. The molecule has 0 amide bonds. The molecule has 1 unspecified atom stereocenters. The third kappa shape index (κ3) is 4.02. The van der Waals surface area contributed by atoms with Crippen LogP contribution in [0.15, 0.2) is 18.2 Å². The van der Waals surface area contributed by atoms with Crippen molar-refractivity contribution < 1.29 is 58.2 Å². The van der Waals surface area contributed by atoms with Gasteiger partial charge in [0.1, 0.15) is 0 Å². The van der Waals surface area contributed by atoms with E-state index in [1.54, 1.807) is 0 Å². The molecule has 0 aliphatic carbocycles. The van der Waals surface area contributed by atoms with E-state index in [2.05, 4.69) is 27.3 Å². The second-order valence-corrected chi connectivity index (χ2v) is 7.55. The fourth-order valence-corrected chi connectivity index (χ4v) is 4.08. The van der Waals surface area contributed by atoms with Crippen LogP contribution in [0, 0.1) is 38.9 Å². The predicted molar refractivity (Wildman–Crippen MR) is 65.8 cm³/mol. The maximum absolute atomic E-state index is 11.1. The summed E-state index contributed by atoms with van der Waals surface area (Å²) in [6.07, 6.45) is 0. The second-order valence-electron chi connectivity index (χ2n) is 3.07. The molecule has 87 valence electrons. The predicted octanol–water partition coefficient (Wildman–Crippen LogP) is -0.583. The Morgan fingerprint density at radius 1 is 1.50 bits per heavy atom. The molecule has 5 heteroatoms. The molecule has 1 aliphatic heterocycles. The molecular formula is C11H12I2O2U-. The van der Waals surface area contributed by atoms with Gasteiger partial charge in [-0.3, -0.25) is 0 Å². The van der Waals surface area contributed by atoms with Crippen molar-refractivity contribution in [2.75, 3.05) is 4.93 Å². The van der Waals surface area contributed by atoms with E-state index in [4.69, 9.17) is 3.07 Å². The molecule has 0 saturated carbocycles. The molecule has 1 heterocycles. The van der Waals surface area contributed by atoms with Crippen LogP contribution in [0.2, 0.25) is 0 Å². The van der Waals surface area contributed by atoms with E-state index >= 15 is 0 Å². The van der Waals surface area contributed by atoms with Gasteiger partial charge in [0, 0.05) is 0 Å². The van der Waals surface area contributed by atoms with E-state index in [1.165, 1.54) is 11.1 Å². The summed E-state index contributed by atoms with van der Waals surface area (Å²) in [5.74, 6) is 0.954. The van der Waals surface area contributed by atoms with Gasteiger partial charge in [0.05, 0.1) is 0 Å². The van der Waals surface area contributed by atoms with E-state index in [1.807, 2.05) is 6.07 Å². The molecule has 1 atom stereocenters. The summed E-state index contributed by atoms with van der Waals surface area (Å²) in [7, 11) is 0. The first-order chi connectivity index (χ1) is 7.72. The number of carbonyl (C=O) groups is 1. The van der Waals surface area contributed by atoms with Crippen LogP contribution in [0.25, 0.3) is 0 Å². The Morgan fingerprint density at radius 3 is 2.56 bits per heavy atom. The van der Waals surface area contributed by atoms with Gasteiger partial charge in [-0.2, -0.15) is 0 Å². The van der Waals surface area contributed by atoms with Crippen LogP contribution in [0.5, 0.6) is 5.75 Å². The van der Waals surface area contributed by atoms with Gasteiger partial charge in [0.25, 0.3) is 0 Å². The van der Waals surface area contributed by atoms with Crippen molar-refractivity contribution >= 4 is 25.0 Å². The van der Waals surface area contributed by atoms with Crippen molar-refractivity contribution in [3.63, 3.8) is 0 Å². The summed E-state index contributed by atoms with van der Waals surface area (Å²) in [6.45, 7) is 2.06. The number of benzene rings is 1. The zero-order chi connectivity index (χ0) is 12.1. The number of halogens is 2. The van der Waals surface area contributed by atoms with Gasteiger partial charge < -0.3 is 0 Å². The second kappa shape index (κ2) is 7.42. The Kier molecular flexibility index (Phi) is 6.98. The Morgan fingerprint density at radius 2 is 2.12 bits per heavy atom. The molecule has 0 spiro atoms. The van der Waals surface area contributed by atoms with Gasteiger partial charge in [-0.25, -0.2) is 0 Å². The molecule has 0 bridgehead atoms. The number of aryl methyl sites for hydroxylation is 1. The van der Waals surface area contributed by atoms with E-state index in [0.29, 0.717) is 36.4 Å². The SMILES string of the molecule is C[I-]Oc1ccc(C2[IH]C2=O)c(C)c1.[CH]#[U]. The van der Waals surface area contributed by atoms with Gasteiger partial charge in [-0.1, -0.05) is 0 Å². The van der Waals surface area contributed by atoms with Crippen molar-refractivity contribution in [1.82, 2.24) is 0 Å². The van der Waals surface area contributed by atoms with Crippen molar-refractivity contribution in [3.8, 4) is 9.07 Å². The minimum absolute atomic E-state index is 0.162. The third-order valence-corrected chi connectivity index (χ3v) is 5.65. The average Bonchev–Trinajstić information content (AvgIpc) is 2.99. The average molecular weight is 668 g/mol. The Hall–Kier alpha value is 0.982. The van der Waals surface area contributed by atoms with Gasteiger partial charge in [-0.15, -0.1) is 0 Å². The molecule has 2 rings (SSSR count). The van der Waals surface area contributed by atoms with Crippen LogP contribution in [-0.2, 0) is 4.79 Å². The standard InChI is InChI=1S/C10H11I2O2.CH.U/c1-6-5-7(14-11-2)3-4-8(6)9-10(13)12-9;;/h3-5,9,12H,1-2H3;1H;/q-1;;. The van der Waals surface area contributed by atoms with Crippen LogP contribution < -0.4 is 24.7 Å². The molecule has 16 heavy (non-hydrogen) atoms. The van der Waals surface area contributed by atoms with Crippen LogP contribution in [0.1, 0.15) is 15.1 Å². The summed E-state index contributed by atoms with van der Waals surface area (Å²) in [6, 6.07) is 6.10. The number of rotatable bonds is 3. The summed E-state index contributed by atoms with van der Waals surface area (Å²) < 4.78 is 11.0. The Balaban J connectivity index is 0.000000606. The van der Waals surface area contributed by atoms with Gasteiger partial charge in [-0.05, 0) is 0 Å². The zero-order valence-electron chi connectivity index (χ0n) is 8.99. The number of carbonyl (C=O) groups excluding carboxylic acids is 1. The fraction of sp³-hybridized carbons (Fsp3) is 0.273. The first-order valence-corrected chi connectivity index (χ1v) is 12.4. The van der Waals surface area contributed by atoms with E-state index in [9.17, 15) is 4.79 Å². The van der Waals surface area contributed by atoms with Crippen LogP contribution in [-0.4, -0.2) is 8.72 Å². The molecule has 0 aromatic heterocycles. The van der Waals surface area contributed by atoms with Crippen LogP contribution >= 0.6 is 21.2 Å². The summed E-state index contributed by atoms with van der Waals surface area (Å²) in [5.41, 5.74) is 2.44. The number of hydrogen-bond donors (Lipinski definition) is 0. The summed E-state index contributed by atoms with van der Waals surface area (Å²) in [4.78, 5) is 13.2. The molecule has 1 aromatic rings. The monoisotopic (exact) mass is 668 g/mol. The zero-order valence-corrected chi connectivity index (χ0v) is 17.6. The third-order valence-electron chi connectivity index (χ3n) is 2.08. The first-order valence-electron chi connectivity index (χ1n) is 4.48. The van der Waals surface area contributed by atoms with Gasteiger partial charge >= 0.3 is 137 Å². The Labute approximate surface area is 135 Å². The molecule has 1 saturated heterocycles. The van der Waals surface area contributed by atoms with E-state index in [-0.39, 0.29) is 42.8 Å². The maximum atomic E-state index is 11.1. The molecule has 2 nitrogen and oxygen atoms in total. The van der Waals surface area contributed by atoms with Crippen molar-refractivity contribution in [3.05, 3.63) is 29.3 Å². The number of alkyl halides is 2. The van der Waals surface area contributed by atoms with Crippen LogP contribution in [0.3, 0.4) is 0 Å². The van der Waals surface area contributed by atoms with Crippen molar-refractivity contribution in [1.29, 1.82) is 0 Å². The summed E-state index contributed by atoms with van der Waals surface area (Å²) >= 11 is 0.158. The van der Waals surface area contributed by atoms with Crippen molar-refractivity contribution in [2.24, 2.45) is 0 Å². The van der Waals surface area contributed by atoms with Crippen molar-refractivity contribution in [2.45, 2.75) is 10.8 Å². The fourth-order valence-electron chi connectivity index (χ4n) is 1.35. The minimum atomic E-state index is -0.339. The molecule has 1 aromatic carbocycles. The topological polar surface area (TPSA) is 26.3 Å². The Bertz CT molecular complexity index is 418. The molecule has 0 N–H and O–H groups in total. The number of hydrogen-bond acceptors (Lipinski definition) is 2. The van der Waals surface area contributed by atoms with E-state index in [0.717, 1.165) is 5.75 Å². The summed E-state index contributed by atoms with van der Waals surface area (Å²) in [5, 5.41) is 0. The molecule has 0 radical (unpaired) electrons. The molecular weight excluding hydrogens is 656 g/mol. The van der Waals surface area contributed by atoms with Crippen LogP contribution in [0.4, 0.5) is 0 Å². The van der Waals surface area contributed by atoms with Gasteiger partial charge in [0.2, 0.25) is 0 Å². The molecule has 1 aliphatic rings. The van der Waals surface area contributed by atoms with Gasteiger partial charge in [0.15, 0.2) is 0 Å². The normalized spacial score (nSPS) is 18.2. The quantitative estimate of drug-likeness (QED) is 0.245. The first kappa shape index (κ1) is 15.0.